The van der Waals surface area contributed by atoms with Crippen molar-refractivity contribution in [2.45, 2.75) is 19.5 Å². The number of hydrogen-bond acceptors (Lipinski definition) is 4. The van der Waals surface area contributed by atoms with Gasteiger partial charge in [0.15, 0.2) is 0 Å². The van der Waals surface area contributed by atoms with Crippen molar-refractivity contribution >= 4 is 12.1 Å². The van der Waals surface area contributed by atoms with Crippen LogP contribution in [0.1, 0.15) is 29.1 Å². The summed E-state index contributed by atoms with van der Waals surface area (Å²) in [5, 5.41) is 3.27. The van der Waals surface area contributed by atoms with Crippen molar-refractivity contribution in [2.24, 2.45) is 5.73 Å². The van der Waals surface area contributed by atoms with Gasteiger partial charge in [-0.25, -0.2) is 9.59 Å². The van der Waals surface area contributed by atoms with Gasteiger partial charge in [-0.1, -0.05) is 0 Å². The summed E-state index contributed by atoms with van der Waals surface area (Å²) < 4.78 is 6.19. The Morgan fingerprint density at radius 1 is 1.56 bits per heavy atom. The van der Waals surface area contributed by atoms with E-state index in [1.807, 2.05) is 17.6 Å². The van der Waals surface area contributed by atoms with Gasteiger partial charge in [0, 0.05) is 24.8 Å². The van der Waals surface area contributed by atoms with Crippen LogP contribution in [-0.2, 0) is 11.3 Å². The molecular weight excluding hydrogens is 210 g/mol. The third kappa shape index (κ3) is 1.79. The lowest BCUT2D eigenvalue weighted by molar-refractivity contribution is 0.0625. The summed E-state index contributed by atoms with van der Waals surface area (Å²) in [6.07, 6.45) is -1.08. The van der Waals surface area contributed by atoms with Gasteiger partial charge in [-0.3, -0.25) is 0 Å². The highest BCUT2D eigenvalue weighted by molar-refractivity contribution is 5.95. The van der Waals surface area contributed by atoms with Gasteiger partial charge in [0.05, 0.1) is 0 Å². The van der Waals surface area contributed by atoms with Crippen LogP contribution in [0.15, 0.2) is 12.1 Å². The maximum Gasteiger partial charge on any atom is 0.412 e. The van der Waals surface area contributed by atoms with Crippen LogP contribution in [0.2, 0.25) is 0 Å². The molecule has 3 N–H and O–H groups in total. The Balaban J connectivity index is 2.29. The Morgan fingerprint density at radius 2 is 2.31 bits per heavy atom. The number of rotatable bonds is 1. The second kappa shape index (κ2) is 3.97. The van der Waals surface area contributed by atoms with Gasteiger partial charge in [0.1, 0.15) is 5.69 Å². The van der Waals surface area contributed by atoms with Crippen molar-refractivity contribution in [3.05, 3.63) is 23.5 Å². The third-order valence-electron chi connectivity index (χ3n) is 2.65. The van der Waals surface area contributed by atoms with Crippen molar-refractivity contribution in [3.8, 4) is 0 Å². The molecule has 1 aromatic rings. The van der Waals surface area contributed by atoms with E-state index in [4.69, 9.17) is 5.73 Å². The molecule has 0 spiro atoms. The highest BCUT2D eigenvalue weighted by Crippen LogP contribution is 2.20. The third-order valence-corrected chi connectivity index (χ3v) is 2.65. The molecule has 1 aliphatic heterocycles. The van der Waals surface area contributed by atoms with Gasteiger partial charge in [-0.15, -0.1) is 0 Å². The van der Waals surface area contributed by atoms with Crippen LogP contribution in [0, 0.1) is 0 Å². The molecule has 1 aromatic heterocycles. The summed E-state index contributed by atoms with van der Waals surface area (Å²) >= 11 is 0. The molecule has 0 bridgehead atoms. The van der Waals surface area contributed by atoms with Crippen molar-refractivity contribution in [1.82, 2.24) is 9.88 Å². The van der Waals surface area contributed by atoms with Crippen LogP contribution in [0.3, 0.4) is 0 Å². The monoisotopic (exact) mass is 223 g/mol. The van der Waals surface area contributed by atoms with Crippen molar-refractivity contribution in [2.75, 3.05) is 6.54 Å². The van der Waals surface area contributed by atoms with E-state index in [0.717, 1.165) is 12.2 Å². The zero-order chi connectivity index (χ0) is 11.7. The minimum atomic E-state index is -1.08. The minimum absolute atomic E-state index is 0.184. The average molecular weight is 223 g/mol. The number of hydrogen-bond donors (Lipinski definition) is 2. The molecule has 1 unspecified atom stereocenters. The lowest BCUT2D eigenvalue weighted by Gasteiger charge is -2.24. The molecule has 0 saturated heterocycles. The first-order valence-electron chi connectivity index (χ1n) is 5.04. The van der Waals surface area contributed by atoms with Crippen LogP contribution in [0.5, 0.6) is 0 Å². The van der Waals surface area contributed by atoms with Crippen LogP contribution >= 0.6 is 0 Å². The maximum absolute atomic E-state index is 11.5. The topological polar surface area (TPSA) is 86.3 Å². The molecule has 0 aromatic carbocycles. The van der Waals surface area contributed by atoms with Crippen LogP contribution in [-0.4, -0.2) is 23.2 Å². The number of ether oxygens (including phenoxy) is 1. The highest BCUT2D eigenvalue weighted by Gasteiger charge is 2.23. The smallest absolute Gasteiger partial charge is 0.372 e. The molecule has 1 aliphatic rings. The number of carbonyl (C=O) groups excluding carboxylic acids is 2. The van der Waals surface area contributed by atoms with Gasteiger partial charge in [0.25, 0.3) is 0 Å². The van der Waals surface area contributed by atoms with Gasteiger partial charge in [0.2, 0.25) is 0 Å². The second-order valence-electron chi connectivity index (χ2n) is 3.68. The number of carbonyl (C=O) groups is 2. The Hall–Kier alpha value is -1.82. The molecule has 2 heterocycles. The molecular formula is C10H13N3O3. The van der Waals surface area contributed by atoms with Crippen LogP contribution in [0.25, 0.3) is 0 Å². The number of nitrogens with two attached hydrogens (primary N) is 1. The highest BCUT2D eigenvalue weighted by atomic mass is 16.6. The number of esters is 1. The quantitative estimate of drug-likeness (QED) is 0.532. The van der Waals surface area contributed by atoms with E-state index in [0.29, 0.717) is 12.2 Å². The van der Waals surface area contributed by atoms with E-state index in [1.54, 1.807) is 6.07 Å². The van der Waals surface area contributed by atoms with Gasteiger partial charge < -0.3 is 20.4 Å². The van der Waals surface area contributed by atoms with E-state index in [2.05, 4.69) is 10.1 Å². The lowest BCUT2D eigenvalue weighted by atomic mass is 10.2. The zero-order valence-electron chi connectivity index (χ0n) is 8.90. The molecule has 86 valence electrons. The van der Waals surface area contributed by atoms with E-state index < -0.39 is 12.1 Å². The largest absolute Gasteiger partial charge is 0.412 e. The predicted octanol–water partition coefficient (Wildman–Crippen LogP) is 0.388. The number of amides is 1. The van der Waals surface area contributed by atoms with Gasteiger partial charge in [-0.2, -0.15) is 0 Å². The molecule has 0 radical (unpaired) electrons. The maximum atomic E-state index is 11.5. The Labute approximate surface area is 92.4 Å². The SMILES string of the molecule is CC1NCCn2c(C(=O)OC(N)=O)ccc21. The summed E-state index contributed by atoms with van der Waals surface area (Å²) in [6, 6.07) is 3.67. The number of primary amides is 1. The first kappa shape index (κ1) is 10.7. The van der Waals surface area contributed by atoms with Crippen LogP contribution < -0.4 is 11.1 Å². The van der Waals surface area contributed by atoms with Crippen molar-refractivity contribution in [1.29, 1.82) is 0 Å². The standard InChI is InChI=1S/C10H13N3O3/c1-6-7-2-3-8(9(14)16-10(11)15)13(7)5-4-12-6/h2-3,6,12H,4-5H2,1H3,(H2,11,15). The first-order valence-corrected chi connectivity index (χ1v) is 5.04. The number of nitrogens with zero attached hydrogens (tertiary/aromatic N) is 1. The van der Waals surface area contributed by atoms with E-state index in [1.165, 1.54) is 0 Å². The summed E-state index contributed by atoms with van der Waals surface area (Å²) in [7, 11) is 0. The summed E-state index contributed by atoms with van der Waals surface area (Å²) in [5.41, 5.74) is 6.16. The molecule has 2 rings (SSSR count). The molecule has 0 fully saturated rings. The number of fused-ring (bicyclic) bond motifs is 1. The Morgan fingerprint density at radius 3 is 3.00 bits per heavy atom. The summed E-state index contributed by atoms with van der Waals surface area (Å²) in [6.45, 7) is 3.46. The summed E-state index contributed by atoms with van der Waals surface area (Å²) in [4.78, 5) is 22.0. The van der Waals surface area contributed by atoms with Gasteiger partial charge in [-0.05, 0) is 19.1 Å². The fourth-order valence-electron chi connectivity index (χ4n) is 1.93. The Bertz CT molecular complexity index is 439. The van der Waals surface area contributed by atoms with E-state index >= 15 is 0 Å². The normalized spacial score (nSPS) is 18.9. The van der Waals surface area contributed by atoms with Gasteiger partial charge >= 0.3 is 12.1 Å². The molecule has 16 heavy (non-hydrogen) atoms. The second-order valence-corrected chi connectivity index (χ2v) is 3.68. The molecule has 1 amide bonds. The summed E-state index contributed by atoms with van der Waals surface area (Å²) in [5.74, 6) is -0.701. The lowest BCUT2D eigenvalue weighted by Crippen LogP contribution is -2.33. The molecule has 1 atom stereocenters. The first-order chi connectivity index (χ1) is 7.59. The Kier molecular flexibility index (Phi) is 2.66. The van der Waals surface area contributed by atoms with Crippen molar-refractivity contribution < 1.29 is 14.3 Å². The van der Waals surface area contributed by atoms with E-state index in [-0.39, 0.29) is 6.04 Å². The number of aromatic nitrogens is 1. The zero-order valence-corrected chi connectivity index (χ0v) is 8.90. The van der Waals surface area contributed by atoms with Crippen LogP contribution in [0.4, 0.5) is 4.79 Å². The fraction of sp³-hybridized carbons (Fsp3) is 0.400. The molecule has 6 nitrogen and oxygen atoms in total. The molecule has 0 saturated carbocycles. The fourth-order valence-corrected chi connectivity index (χ4v) is 1.93. The average Bonchev–Trinajstić information content (AvgIpc) is 2.61. The van der Waals surface area contributed by atoms with Crippen molar-refractivity contribution in [3.63, 3.8) is 0 Å². The predicted molar refractivity (Wildman–Crippen MR) is 55.8 cm³/mol. The molecule has 0 aliphatic carbocycles. The minimum Gasteiger partial charge on any atom is -0.372 e. The van der Waals surface area contributed by atoms with E-state index in [9.17, 15) is 9.59 Å². The molecule has 6 heteroatoms. The number of nitrogens with one attached hydrogen (secondary N) is 1.